The number of rotatable bonds is 3. The van der Waals surface area contributed by atoms with Crippen LogP contribution in [0.25, 0.3) is 43.8 Å². The first kappa shape index (κ1) is 36.1. The molecule has 0 unspecified atom stereocenters. The Labute approximate surface area is 344 Å². The third kappa shape index (κ3) is 5.51. The number of hydrogen-bond acceptors (Lipinski definition) is 3. The molecule has 0 aliphatic carbocycles. The number of thiophene rings is 1. The Hall–Kier alpha value is -5.32. The van der Waals surface area contributed by atoms with Gasteiger partial charge < -0.3 is 9.71 Å². The largest absolute Gasteiger partial charge is 0.402 e. The molecule has 57 heavy (non-hydrogen) atoms. The van der Waals surface area contributed by atoms with E-state index in [1.165, 1.54) is 116 Å². The van der Waals surface area contributed by atoms with Gasteiger partial charge in [-0.3, -0.25) is 0 Å². The van der Waals surface area contributed by atoms with E-state index in [-0.39, 0.29) is 17.7 Å². The Morgan fingerprint density at radius 1 is 0.561 bits per heavy atom. The summed E-state index contributed by atoms with van der Waals surface area (Å²) in [6.07, 6.45) is 0. The highest BCUT2D eigenvalue weighted by atomic mass is 32.1. The van der Waals surface area contributed by atoms with Crippen molar-refractivity contribution in [2.24, 2.45) is 0 Å². The van der Waals surface area contributed by atoms with Crippen molar-refractivity contribution in [2.45, 2.75) is 86.6 Å². The van der Waals surface area contributed by atoms with Gasteiger partial charge in [-0.25, -0.2) is 0 Å². The van der Waals surface area contributed by atoms with E-state index in [9.17, 15) is 0 Å². The zero-order valence-electron chi connectivity index (χ0n) is 35.1. The molecular weight excluding hydrogens is 707 g/mol. The number of fused-ring (bicyclic) bond motifs is 6. The lowest BCUT2D eigenvalue weighted by Crippen LogP contribution is -2.62. The molecular formula is C53H51BN2S. The van der Waals surface area contributed by atoms with Crippen LogP contribution in [0.3, 0.4) is 0 Å². The molecule has 1 aromatic heterocycles. The maximum absolute atomic E-state index is 2.77. The first-order chi connectivity index (χ1) is 27.2. The van der Waals surface area contributed by atoms with Crippen LogP contribution >= 0.6 is 11.3 Å². The smallest absolute Gasteiger partial charge is 0.329 e. The number of nitrogens with zero attached hydrogens (tertiary/aromatic N) is 2. The van der Waals surface area contributed by atoms with E-state index in [0.717, 1.165) is 6.54 Å². The molecule has 2 nitrogen and oxygen atoms in total. The van der Waals surface area contributed by atoms with Crippen LogP contribution in [-0.4, -0.2) is 6.85 Å². The van der Waals surface area contributed by atoms with Gasteiger partial charge in [-0.05, 0) is 153 Å². The van der Waals surface area contributed by atoms with E-state index in [1.807, 2.05) is 11.3 Å². The average Bonchev–Trinajstić information content (AvgIpc) is 3.60. The monoisotopic (exact) mass is 758 g/mol. The molecule has 0 saturated carbocycles. The highest BCUT2D eigenvalue weighted by Gasteiger charge is 2.48. The summed E-state index contributed by atoms with van der Waals surface area (Å²) in [4.78, 5) is 6.72. The van der Waals surface area contributed by atoms with E-state index in [4.69, 9.17) is 0 Å². The minimum atomic E-state index is 0.0165. The summed E-state index contributed by atoms with van der Waals surface area (Å²) in [6.45, 7) is 23.9. The first-order valence-electron chi connectivity index (χ1n) is 20.6. The Morgan fingerprint density at radius 3 is 1.77 bits per heavy atom. The summed E-state index contributed by atoms with van der Waals surface area (Å²) in [5.74, 6) is 0. The summed E-state index contributed by atoms with van der Waals surface area (Å²) in [5.41, 5.74) is 26.8. The van der Waals surface area contributed by atoms with Crippen molar-refractivity contribution in [1.82, 2.24) is 0 Å². The van der Waals surface area contributed by atoms with Gasteiger partial charge in [0.2, 0.25) is 0 Å². The van der Waals surface area contributed by atoms with Crippen molar-refractivity contribution in [2.75, 3.05) is 9.71 Å². The van der Waals surface area contributed by atoms with Gasteiger partial charge >= 0.3 is 6.85 Å². The number of anilines is 4. The molecule has 0 fully saturated rings. The predicted octanol–water partition coefficient (Wildman–Crippen LogP) is 13.5. The summed E-state index contributed by atoms with van der Waals surface area (Å²) in [7, 11) is 0. The third-order valence-electron chi connectivity index (χ3n) is 13.0. The van der Waals surface area contributed by atoms with Gasteiger partial charge in [0.15, 0.2) is 0 Å². The van der Waals surface area contributed by atoms with Gasteiger partial charge in [-0.15, -0.1) is 11.3 Å². The van der Waals surface area contributed by atoms with Crippen molar-refractivity contribution in [1.29, 1.82) is 0 Å². The molecule has 0 saturated heterocycles. The minimum Gasteiger partial charge on any atom is -0.402 e. The lowest BCUT2D eigenvalue weighted by Gasteiger charge is -2.47. The number of hydrogen-bond donors (Lipinski definition) is 0. The lowest BCUT2D eigenvalue weighted by atomic mass is 9.44. The third-order valence-corrected chi connectivity index (χ3v) is 14.0. The van der Waals surface area contributed by atoms with Gasteiger partial charge in [0, 0.05) is 45.0 Å². The zero-order valence-corrected chi connectivity index (χ0v) is 35.9. The number of benzene rings is 6. The summed E-state index contributed by atoms with van der Waals surface area (Å²) >= 11 is 1.92. The van der Waals surface area contributed by atoms with Crippen LogP contribution in [0.5, 0.6) is 0 Å². The second-order valence-corrected chi connectivity index (χ2v) is 19.8. The molecule has 0 radical (unpaired) electrons. The molecule has 0 N–H and O–H groups in total. The Morgan fingerprint density at radius 2 is 1.14 bits per heavy atom. The topological polar surface area (TPSA) is 6.48 Å². The molecule has 7 aromatic rings. The Balaban J connectivity index is 1.26. The molecule has 282 valence electrons. The Bertz CT molecular complexity index is 2750. The van der Waals surface area contributed by atoms with Crippen molar-refractivity contribution in [3.63, 3.8) is 0 Å². The van der Waals surface area contributed by atoms with Crippen LogP contribution in [0.2, 0.25) is 0 Å². The van der Waals surface area contributed by atoms with Crippen molar-refractivity contribution < 1.29 is 0 Å². The molecule has 0 bridgehead atoms. The molecule has 4 heteroatoms. The summed E-state index contributed by atoms with van der Waals surface area (Å²) in [5, 5.41) is 2.44. The molecule has 3 aliphatic rings. The number of aryl methyl sites for hydroxylation is 4. The Kier molecular flexibility index (Phi) is 7.96. The zero-order chi connectivity index (χ0) is 39.7. The van der Waals surface area contributed by atoms with Crippen LogP contribution in [0.4, 0.5) is 22.7 Å². The maximum atomic E-state index is 2.77. The van der Waals surface area contributed by atoms with E-state index in [2.05, 4.69) is 194 Å². The van der Waals surface area contributed by atoms with Gasteiger partial charge in [-0.1, -0.05) is 114 Å². The molecule has 0 spiro atoms. The highest BCUT2D eigenvalue weighted by molar-refractivity contribution is 7.18. The van der Waals surface area contributed by atoms with Gasteiger partial charge in [0.1, 0.15) is 0 Å². The minimum absolute atomic E-state index is 0.0165. The molecule has 0 atom stereocenters. The molecule has 10 rings (SSSR count). The van der Waals surface area contributed by atoms with Crippen molar-refractivity contribution >= 4 is 51.9 Å². The fraction of sp³-hybridized carbons (Fsp3) is 0.245. The fourth-order valence-electron chi connectivity index (χ4n) is 10.1. The molecule has 3 aliphatic heterocycles. The van der Waals surface area contributed by atoms with Crippen molar-refractivity contribution in [3.05, 3.63) is 154 Å². The summed E-state index contributed by atoms with van der Waals surface area (Å²) in [6, 6.07) is 42.4. The second-order valence-electron chi connectivity index (χ2n) is 18.9. The second kappa shape index (κ2) is 12.6. The first-order valence-corrected chi connectivity index (χ1v) is 21.4. The molecule has 6 aromatic carbocycles. The van der Waals surface area contributed by atoms with Crippen LogP contribution in [0.1, 0.15) is 80.5 Å². The summed E-state index contributed by atoms with van der Waals surface area (Å²) < 4.78 is 0. The predicted molar refractivity (Wildman–Crippen MR) is 248 cm³/mol. The van der Waals surface area contributed by atoms with Crippen LogP contribution in [-0.2, 0) is 17.4 Å². The standard InChI is InChI=1S/C53H51BN2S/c1-31-13-11-14-32(2)47(31)35-17-18-36-29-55-50-42(41(36)25-35)26-37(48-33(3)15-12-16-34(48)4)27-43(50)51-49-46(30-57-51)56(40-22-19-38(20-23-40)52(5,6)7)45-24-21-39(53(8,9)10)28-44(45)54(49)55/h11-28,30H,29H2,1-10H3. The molecule has 4 heterocycles. The van der Waals surface area contributed by atoms with E-state index in [0.29, 0.717) is 0 Å². The van der Waals surface area contributed by atoms with Crippen molar-refractivity contribution in [3.8, 4) is 43.8 Å². The van der Waals surface area contributed by atoms with Crippen LogP contribution < -0.4 is 20.6 Å². The van der Waals surface area contributed by atoms with E-state index >= 15 is 0 Å². The SMILES string of the molecule is Cc1cccc(C)c1-c1ccc2c(c1)-c1cc(-c3c(C)cccc3C)cc3c1N(C2)B1c2cc(C(C)(C)C)ccc2N(c2ccc(C(C)(C)C)cc2)c2csc-3c21. The average molecular weight is 759 g/mol. The van der Waals surface area contributed by atoms with Crippen LogP contribution in [0, 0.1) is 27.7 Å². The van der Waals surface area contributed by atoms with E-state index in [1.54, 1.807) is 0 Å². The normalized spacial score (nSPS) is 14.0. The quantitative estimate of drug-likeness (QED) is 0.166. The van der Waals surface area contributed by atoms with E-state index < -0.39 is 0 Å². The van der Waals surface area contributed by atoms with Gasteiger partial charge in [-0.2, -0.15) is 0 Å². The fourth-order valence-corrected chi connectivity index (χ4v) is 11.1. The van der Waals surface area contributed by atoms with Gasteiger partial charge in [0.25, 0.3) is 0 Å². The lowest BCUT2D eigenvalue weighted by molar-refractivity contribution is 0.590. The van der Waals surface area contributed by atoms with Crippen LogP contribution in [0.15, 0.2) is 115 Å². The molecule has 0 amide bonds. The highest BCUT2D eigenvalue weighted by Crippen LogP contribution is 2.55. The van der Waals surface area contributed by atoms with Gasteiger partial charge in [0.05, 0.1) is 5.69 Å². The maximum Gasteiger partial charge on any atom is 0.329 e.